The highest BCUT2D eigenvalue weighted by atomic mass is 32.1. The molecule has 2 rings (SSSR count). The van der Waals surface area contributed by atoms with Gasteiger partial charge in [0.1, 0.15) is 12.2 Å². The summed E-state index contributed by atoms with van der Waals surface area (Å²) in [6, 6.07) is 0. The molecule has 0 amide bonds. The average molecular weight is 425 g/mol. The van der Waals surface area contributed by atoms with Gasteiger partial charge >= 0.3 is 5.97 Å². The molecular weight excluding hydrogens is 386 g/mol. The molecule has 1 aromatic rings. The van der Waals surface area contributed by atoms with Crippen LogP contribution in [0.1, 0.15) is 78.3 Å². The van der Waals surface area contributed by atoms with Crippen LogP contribution >= 0.6 is 11.7 Å². The second-order valence-electron chi connectivity index (χ2n) is 8.58. The number of carbonyl (C=O) groups excluding carboxylic acids is 1. The first kappa shape index (κ1) is 23.8. The summed E-state index contributed by atoms with van der Waals surface area (Å²) >= 11 is 1.20. The number of carbonyl (C=O) groups is 1. The highest BCUT2D eigenvalue weighted by Crippen LogP contribution is 2.33. The Hall–Kier alpha value is -1.47. The number of ether oxygens (including phenoxy) is 2. The van der Waals surface area contributed by atoms with E-state index < -0.39 is 0 Å². The Bertz CT molecular complexity index is 674. The molecule has 2 atom stereocenters. The van der Waals surface area contributed by atoms with Gasteiger partial charge < -0.3 is 9.47 Å². The van der Waals surface area contributed by atoms with Crippen LogP contribution in [-0.2, 0) is 9.53 Å². The Morgan fingerprint density at radius 2 is 2.00 bits per heavy atom. The molecule has 1 aromatic heterocycles. The molecule has 7 heteroatoms. The zero-order valence-electron chi connectivity index (χ0n) is 18.8. The molecular formula is C22H38N3O3S+. The van der Waals surface area contributed by atoms with Gasteiger partial charge in [-0.2, -0.15) is 4.37 Å². The minimum atomic E-state index is -0.164. The van der Waals surface area contributed by atoms with Crippen molar-refractivity contribution in [2.75, 3.05) is 26.7 Å². The van der Waals surface area contributed by atoms with E-state index in [0.29, 0.717) is 23.4 Å². The maximum absolute atomic E-state index is 12.2. The van der Waals surface area contributed by atoms with E-state index in [1.165, 1.54) is 31.0 Å². The van der Waals surface area contributed by atoms with Crippen molar-refractivity contribution in [3.05, 3.63) is 11.8 Å². The third-order valence-electron chi connectivity index (χ3n) is 5.45. The van der Waals surface area contributed by atoms with Crippen LogP contribution < -0.4 is 4.74 Å². The molecule has 2 unspecified atom stereocenters. The monoisotopic (exact) mass is 424 g/mol. The van der Waals surface area contributed by atoms with Crippen molar-refractivity contribution >= 4 is 23.3 Å². The lowest BCUT2D eigenvalue weighted by atomic mass is 10.0. The van der Waals surface area contributed by atoms with Gasteiger partial charge in [-0.15, -0.1) is 4.37 Å². The minimum absolute atomic E-state index is 0.104. The Balaban J connectivity index is 2.08. The van der Waals surface area contributed by atoms with Crippen molar-refractivity contribution in [3.63, 3.8) is 0 Å². The standard InChI is InChI=1S/C22H38N3O3S/c1-6-8-9-10-15-27-21-20(23-29-24-21)18-13-11-14-25(5,16-18)22(17(3)4)28-19(26)12-7-2/h13,17,22H,6-12,14-16H2,1-5H3/q+1. The first-order valence-corrected chi connectivity index (χ1v) is 11.8. The first-order chi connectivity index (χ1) is 13.9. The van der Waals surface area contributed by atoms with Gasteiger partial charge in [-0.25, -0.2) is 0 Å². The van der Waals surface area contributed by atoms with Crippen molar-refractivity contribution in [2.45, 2.75) is 78.9 Å². The minimum Gasteiger partial charge on any atom is -0.475 e. The zero-order chi connectivity index (χ0) is 21.3. The smallest absolute Gasteiger partial charge is 0.310 e. The maximum Gasteiger partial charge on any atom is 0.310 e. The number of esters is 1. The van der Waals surface area contributed by atoms with Gasteiger partial charge in [0.25, 0.3) is 5.88 Å². The Morgan fingerprint density at radius 1 is 1.21 bits per heavy atom. The first-order valence-electron chi connectivity index (χ1n) is 11.1. The second-order valence-corrected chi connectivity index (χ2v) is 9.11. The van der Waals surface area contributed by atoms with Crippen LogP contribution in [0.3, 0.4) is 0 Å². The van der Waals surface area contributed by atoms with Crippen LogP contribution in [0.25, 0.3) is 5.57 Å². The normalized spacial score (nSPS) is 20.4. The lowest BCUT2D eigenvalue weighted by molar-refractivity contribution is -0.950. The molecule has 0 saturated carbocycles. The van der Waals surface area contributed by atoms with Gasteiger partial charge in [0.2, 0.25) is 6.23 Å². The van der Waals surface area contributed by atoms with E-state index in [0.717, 1.165) is 43.6 Å². The van der Waals surface area contributed by atoms with E-state index >= 15 is 0 Å². The maximum atomic E-state index is 12.2. The van der Waals surface area contributed by atoms with Crippen LogP contribution in [0, 0.1) is 5.92 Å². The van der Waals surface area contributed by atoms with Crippen LogP contribution in [-0.4, -0.2) is 52.2 Å². The van der Waals surface area contributed by atoms with Gasteiger partial charge in [0.15, 0.2) is 0 Å². The van der Waals surface area contributed by atoms with Gasteiger partial charge in [-0.05, 0) is 12.8 Å². The second kappa shape index (κ2) is 11.6. The summed E-state index contributed by atoms with van der Waals surface area (Å²) < 4.78 is 21.5. The molecule has 0 radical (unpaired) electrons. The molecule has 1 aliphatic rings. The zero-order valence-corrected chi connectivity index (χ0v) is 19.6. The summed E-state index contributed by atoms with van der Waals surface area (Å²) in [5.41, 5.74) is 2.00. The SMILES string of the molecule is CCCCCCOc1nsnc1C1=CCC[N+](C)(C(OC(=O)CCC)C(C)C)C1. The van der Waals surface area contributed by atoms with Crippen LogP contribution in [0.4, 0.5) is 0 Å². The number of rotatable bonds is 12. The molecule has 29 heavy (non-hydrogen) atoms. The van der Waals surface area contributed by atoms with E-state index in [2.05, 4.69) is 42.6 Å². The number of hydrogen-bond donors (Lipinski definition) is 0. The highest BCUT2D eigenvalue weighted by Gasteiger charge is 2.41. The molecule has 0 fully saturated rings. The van der Waals surface area contributed by atoms with Crippen molar-refractivity contribution in [2.24, 2.45) is 5.92 Å². The van der Waals surface area contributed by atoms with Gasteiger partial charge in [0.05, 0.1) is 31.9 Å². The van der Waals surface area contributed by atoms with Gasteiger partial charge in [-0.1, -0.05) is 53.0 Å². The van der Waals surface area contributed by atoms with Crippen molar-refractivity contribution in [1.82, 2.24) is 8.75 Å². The molecule has 1 aliphatic heterocycles. The average Bonchev–Trinajstić information content (AvgIpc) is 3.14. The summed E-state index contributed by atoms with van der Waals surface area (Å²) in [4.78, 5) is 12.2. The number of likely N-dealkylation sites (N-methyl/N-ethyl adjacent to an activating group) is 1. The van der Waals surface area contributed by atoms with Crippen molar-refractivity contribution in [3.8, 4) is 5.88 Å². The molecule has 0 spiro atoms. The quantitative estimate of drug-likeness (QED) is 0.267. The van der Waals surface area contributed by atoms with E-state index in [1.807, 2.05) is 6.92 Å². The third kappa shape index (κ3) is 6.78. The number of aromatic nitrogens is 2. The van der Waals surface area contributed by atoms with Crippen molar-refractivity contribution < 1.29 is 18.8 Å². The summed E-state index contributed by atoms with van der Waals surface area (Å²) in [5.74, 6) is 0.784. The molecule has 2 heterocycles. The third-order valence-corrected chi connectivity index (χ3v) is 5.96. The number of unbranched alkanes of at least 4 members (excludes halogenated alkanes) is 3. The number of nitrogens with zero attached hydrogens (tertiary/aromatic N) is 3. The summed E-state index contributed by atoms with van der Waals surface area (Å²) in [6.45, 7) is 10.8. The van der Waals surface area contributed by atoms with E-state index in [-0.39, 0.29) is 18.1 Å². The van der Waals surface area contributed by atoms with E-state index in [9.17, 15) is 4.79 Å². The Kier molecular flexibility index (Phi) is 9.56. The lowest BCUT2D eigenvalue weighted by Crippen LogP contribution is -2.58. The molecule has 0 bridgehead atoms. The summed E-state index contributed by atoms with van der Waals surface area (Å²) in [6.07, 6.45) is 8.95. The fourth-order valence-electron chi connectivity index (χ4n) is 4.01. The molecule has 0 N–H and O–H groups in total. The topological polar surface area (TPSA) is 61.3 Å². The van der Waals surface area contributed by atoms with Gasteiger partial charge in [0, 0.05) is 24.3 Å². The molecule has 0 saturated heterocycles. The largest absolute Gasteiger partial charge is 0.475 e. The molecule has 0 aliphatic carbocycles. The lowest BCUT2D eigenvalue weighted by Gasteiger charge is -2.44. The van der Waals surface area contributed by atoms with E-state index in [1.54, 1.807) is 0 Å². The van der Waals surface area contributed by atoms with Crippen LogP contribution in [0.5, 0.6) is 5.88 Å². The van der Waals surface area contributed by atoms with E-state index in [4.69, 9.17) is 9.47 Å². The fraction of sp³-hybridized carbons (Fsp3) is 0.773. The summed E-state index contributed by atoms with van der Waals surface area (Å²) in [7, 11) is 2.18. The van der Waals surface area contributed by atoms with Crippen LogP contribution in [0.15, 0.2) is 6.08 Å². The predicted molar refractivity (Wildman–Crippen MR) is 118 cm³/mol. The molecule has 164 valence electrons. The molecule has 0 aromatic carbocycles. The Labute approximate surface area is 180 Å². The fourth-order valence-corrected chi connectivity index (χ4v) is 4.54. The Morgan fingerprint density at radius 3 is 2.69 bits per heavy atom. The highest BCUT2D eigenvalue weighted by molar-refractivity contribution is 6.99. The number of quaternary nitrogens is 1. The number of hydrogen-bond acceptors (Lipinski definition) is 6. The predicted octanol–water partition coefficient (Wildman–Crippen LogP) is 5.06. The molecule has 6 nitrogen and oxygen atoms in total. The van der Waals surface area contributed by atoms with Crippen LogP contribution in [0.2, 0.25) is 0 Å². The van der Waals surface area contributed by atoms with Gasteiger partial charge in [-0.3, -0.25) is 9.28 Å². The van der Waals surface area contributed by atoms with Crippen molar-refractivity contribution in [1.29, 1.82) is 0 Å². The summed E-state index contributed by atoms with van der Waals surface area (Å²) in [5, 5.41) is 0.